The molecule has 67 heavy (non-hydrogen) atoms. The molecule has 0 atom stereocenters. The summed E-state index contributed by atoms with van der Waals surface area (Å²) in [6, 6.07) is 48.7. The van der Waals surface area contributed by atoms with Crippen molar-refractivity contribution in [3.63, 3.8) is 0 Å². The predicted molar refractivity (Wildman–Crippen MR) is 278 cm³/mol. The summed E-state index contributed by atoms with van der Waals surface area (Å²) in [4.78, 5) is 10.2. The van der Waals surface area contributed by atoms with Gasteiger partial charge in [0, 0.05) is 45.3 Å². The summed E-state index contributed by atoms with van der Waals surface area (Å²) in [5.74, 6) is -3.43. The average molecular weight is 1070 g/mol. The Bertz CT molecular complexity index is 3620. The van der Waals surface area contributed by atoms with Gasteiger partial charge in [0.05, 0.1) is 22.3 Å². The van der Waals surface area contributed by atoms with Crippen LogP contribution in [0.2, 0.25) is 0 Å². The number of hydrogen-bond donors (Lipinski definition) is 1. The normalized spacial score (nSPS) is 14.4. The molecule has 340 valence electrons. The van der Waals surface area contributed by atoms with E-state index in [1.807, 2.05) is 111 Å². The van der Waals surface area contributed by atoms with E-state index in [0.717, 1.165) is 38.9 Å². The summed E-state index contributed by atoms with van der Waals surface area (Å²) >= 11 is 0. The number of rotatable bonds is 11. The van der Waals surface area contributed by atoms with E-state index in [-0.39, 0.29) is 60.8 Å². The summed E-state index contributed by atoms with van der Waals surface area (Å²) in [5.41, 5.74) is 11.9. The van der Waals surface area contributed by atoms with Crippen molar-refractivity contribution in [2.75, 3.05) is 0 Å². The van der Waals surface area contributed by atoms with Gasteiger partial charge in [-0.15, -0.1) is 23.8 Å². The van der Waals surface area contributed by atoms with Crippen molar-refractivity contribution in [3.8, 4) is 78.6 Å². The van der Waals surface area contributed by atoms with Crippen LogP contribution in [0.1, 0.15) is 125 Å². The Kier molecular flexibility index (Phi) is 10.7. The standard InChI is InChI=1S/C62H60N3O.Pt/c1-37(2)47-34-54(40(7)8)61(66)55(35-47)62-64-60-53(20-15-21-58(60)65(62)57-27-26-46(30-42(57)10)59-51(38(3)4)18-14-19-52(59)39(5)6)49-31-48(43-16-12-11-13-17-43)32-50(33-49)56-36-45(28-29-63-56)44-24-22-41(9)23-25-44;/h11-32,34-40,66H,1-10H3;/q-1;/i9D3,10D3,37D,38D,40D;. The molecule has 5 heteroatoms. The molecular weight excluding hydrogens is 998 g/mol. The molecule has 0 amide bonds. The van der Waals surface area contributed by atoms with Gasteiger partial charge in [0.2, 0.25) is 0 Å². The maximum atomic E-state index is 12.4. The largest absolute Gasteiger partial charge is 0.507 e. The molecule has 9 rings (SSSR count). The fourth-order valence-corrected chi connectivity index (χ4v) is 8.96. The molecule has 0 bridgehead atoms. The molecule has 0 saturated heterocycles. The van der Waals surface area contributed by atoms with Crippen LogP contribution in [0.15, 0.2) is 152 Å². The molecule has 0 saturated carbocycles. The Labute approximate surface area is 424 Å². The van der Waals surface area contributed by atoms with Crippen molar-refractivity contribution in [2.24, 2.45) is 0 Å². The maximum absolute atomic E-state index is 12.4. The third kappa shape index (κ3) is 9.22. The van der Waals surface area contributed by atoms with Crippen LogP contribution < -0.4 is 0 Å². The first kappa shape index (κ1) is 36.7. The zero-order chi connectivity index (χ0) is 54.2. The third-order valence-electron chi connectivity index (χ3n) is 12.5. The second-order valence-corrected chi connectivity index (χ2v) is 18.1. The molecule has 0 aliphatic heterocycles. The number of aromatic nitrogens is 3. The van der Waals surface area contributed by atoms with E-state index < -0.39 is 31.4 Å². The Balaban J connectivity index is 0.00000765. The number of pyridine rings is 1. The number of aryl methyl sites for hydroxylation is 2. The van der Waals surface area contributed by atoms with Crippen molar-refractivity contribution < 1.29 is 38.5 Å². The molecule has 4 nitrogen and oxygen atoms in total. The third-order valence-corrected chi connectivity index (χ3v) is 12.5. The smallest absolute Gasteiger partial charge is 0.148 e. The first-order chi connectivity index (χ1) is 35.1. The van der Waals surface area contributed by atoms with Crippen molar-refractivity contribution in [3.05, 3.63) is 191 Å². The topological polar surface area (TPSA) is 50.9 Å². The van der Waals surface area contributed by atoms with Crippen molar-refractivity contribution in [1.82, 2.24) is 14.5 Å². The summed E-state index contributed by atoms with van der Waals surface area (Å²) in [5, 5.41) is 12.4. The number of phenols is 1. The number of para-hydroxylation sites is 1. The van der Waals surface area contributed by atoms with Crippen molar-refractivity contribution in [1.29, 1.82) is 0 Å². The number of imidazole rings is 1. The molecule has 0 fully saturated rings. The molecule has 9 aromatic rings. The molecule has 2 aromatic heterocycles. The van der Waals surface area contributed by atoms with Crippen LogP contribution in [0, 0.1) is 19.8 Å². The number of phenolic OH excluding ortho intramolecular Hbond substituents is 1. The fourth-order valence-electron chi connectivity index (χ4n) is 8.96. The van der Waals surface area contributed by atoms with Gasteiger partial charge in [0.15, 0.2) is 0 Å². The van der Waals surface area contributed by atoms with E-state index in [9.17, 15) is 9.22 Å². The minimum atomic E-state index is -2.67. The van der Waals surface area contributed by atoms with E-state index in [1.54, 1.807) is 87.0 Å². The summed E-state index contributed by atoms with van der Waals surface area (Å²) in [6.07, 6.45) is 1.72. The van der Waals surface area contributed by atoms with Crippen LogP contribution >= 0.6 is 0 Å². The first-order valence-corrected chi connectivity index (χ1v) is 22.5. The van der Waals surface area contributed by atoms with Gasteiger partial charge < -0.3 is 5.11 Å². The minimum Gasteiger partial charge on any atom is -0.507 e. The summed E-state index contributed by atoms with van der Waals surface area (Å²) in [6.45, 7) is 9.75. The molecule has 0 aliphatic rings. The Morgan fingerprint density at radius 1 is 0.582 bits per heavy atom. The molecule has 0 radical (unpaired) electrons. The van der Waals surface area contributed by atoms with Crippen molar-refractivity contribution >= 4 is 11.0 Å². The molecule has 0 aliphatic carbocycles. The quantitative estimate of drug-likeness (QED) is 0.131. The molecule has 0 unspecified atom stereocenters. The van der Waals surface area contributed by atoms with Crippen LogP contribution in [0.4, 0.5) is 0 Å². The molecule has 7 aromatic carbocycles. The average Bonchev–Trinajstić information content (AvgIpc) is 3.80. The van der Waals surface area contributed by atoms with Crippen LogP contribution in [0.3, 0.4) is 0 Å². The monoisotopic (exact) mass is 1070 g/mol. The van der Waals surface area contributed by atoms with E-state index in [1.165, 1.54) is 0 Å². The van der Waals surface area contributed by atoms with Gasteiger partial charge >= 0.3 is 0 Å². The minimum absolute atomic E-state index is 0. The second-order valence-electron chi connectivity index (χ2n) is 18.1. The molecule has 1 N–H and O–H groups in total. The predicted octanol–water partition coefficient (Wildman–Crippen LogP) is 17.0. The van der Waals surface area contributed by atoms with Crippen LogP contribution in [-0.4, -0.2) is 19.6 Å². The number of hydrogen-bond acceptors (Lipinski definition) is 3. The zero-order valence-corrected chi connectivity index (χ0v) is 41.4. The maximum Gasteiger partial charge on any atom is 0.148 e. The Hall–Kier alpha value is -6.35. The first-order valence-electron chi connectivity index (χ1n) is 27.0. The summed E-state index contributed by atoms with van der Waals surface area (Å²) in [7, 11) is 0. The van der Waals surface area contributed by atoms with E-state index in [2.05, 4.69) is 19.9 Å². The second kappa shape index (κ2) is 19.5. The van der Waals surface area contributed by atoms with Crippen LogP contribution in [-0.2, 0) is 21.1 Å². The van der Waals surface area contributed by atoms with Gasteiger partial charge in [0.1, 0.15) is 11.6 Å². The van der Waals surface area contributed by atoms with Gasteiger partial charge in [-0.3, -0.25) is 9.55 Å². The van der Waals surface area contributed by atoms with Crippen molar-refractivity contribution in [2.45, 2.75) is 92.7 Å². The number of benzene rings is 7. The van der Waals surface area contributed by atoms with Gasteiger partial charge in [0.25, 0.3) is 0 Å². The summed E-state index contributed by atoms with van der Waals surface area (Å²) < 4.78 is 80.4. The number of fused-ring (bicyclic) bond motifs is 1. The number of nitrogens with zero attached hydrogens (tertiary/aromatic N) is 3. The zero-order valence-electron chi connectivity index (χ0n) is 48.1. The van der Waals surface area contributed by atoms with Gasteiger partial charge in [-0.1, -0.05) is 181 Å². The molecule has 0 spiro atoms. The fraction of sp³-hybridized carbons (Fsp3) is 0.226. The van der Waals surface area contributed by atoms with E-state index in [4.69, 9.17) is 18.2 Å². The van der Waals surface area contributed by atoms with Gasteiger partial charge in [-0.05, 0) is 123 Å². The molecular formula is C62H60N3OPt-. The number of aromatic hydroxyl groups is 1. The van der Waals surface area contributed by atoms with E-state index in [0.29, 0.717) is 50.2 Å². The SMILES string of the molecule is [2H]C([2H])([2H])c1ccc(-c2ccnc(-c3[c-]c(-c4cccc5c4nc(-c4cc(C([2H])(C)C)cc(C([2H])(C)C)c4O)n5-c4ccc(-c5c(C(C)C)cccc5C([2H])(C)C)cc4C([2H])([2H])[2H])cc(-c4ccccc4)c3)c2)cc1.[Pt]. The van der Waals surface area contributed by atoms with E-state index >= 15 is 0 Å². The van der Waals surface area contributed by atoms with Gasteiger partial charge in [-0.25, -0.2) is 4.98 Å². The van der Waals surface area contributed by atoms with Crippen LogP contribution in [0.25, 0.3) is 83.9 Å². The van der Waals surface area contributed by atoms with Crippen LogP contribution in [0.5, 0.6) is 5.75 Å². The Morgan fingerprint density at radius 3 is 1.99 bits per heavy atom. The van der Waals surface area contributed by atoms with Gasteiger partial charge in [-0.2, -0.15) is 0 Å². The Morgan fingerprint density at radius 2 is 1.28 bits per heavy atom. The molecule has 2 heterocycles.